The average Bonchev–Trinajstić information content (AvgIpc) is 2.37. The Bertz CT molecular complexity index is 605. The van der Waals surface area contributed by atoms with Gasteiger partial charge in [-0.25, -0.2) is 10.8 Å². The van der Waals surface area contributed by atoms with Crippen LogP contribution in [0.25, 0.3) is 0 Å². The van der Waals surface area contributed by atoms with Crippen molar-refractivity contribution in [2.24, 2.45) is 5.84 Å². The Morgan fingerprint density at radius 1 is 1.15 bits per heavy atom. The van der Waals surface area contributed by atoms with Crippen LogP contribution in [-0.2, 0) is 5.41 Å². The van der Waals surface area contributed by atoms with Crippen LogP contribution in [0.4, 0.5) is 5.82 Å². The summed E-state index contributed by atoms with van der Waals surface area (Å²) in [6.07, 6.45) is 0. The molecule has 1 aromatic carbocycles. The van der Waals surface area contributed by atoms with E-state index in [4.69, 9.17) is 10.6 Å². The summed E-state index contributed by atoms with van der Waals surface area (Å²) in [5.74, 6) is 7.71. The monoisotopic (exact) mass is 272 g/mol. The van der Waals surface area contributed by atoms with E-state index in [-0.39, 0.29) is 5.41 Å². The molecule has 0 aliphatic heterocycles. The lowest BCUT2D eigenvalue weighted by Gasteiger charge is -2.19. The zero-order valence-electron chi connectivity index (χ0n) is 12.3. The Labute approximate surface area is 119 Å². The molecule has 0 saturated carbocycles. The number of benzene rings is 1. The second-order valence-electron chi connectivity index (χ2n) is 5.66. The summed E-state index contributed by atoms with van der Waals surface area (Å²) in [7, 11) is 0. The third kappa shape index (κ3) is 3.45. The molecule has 1 heterocycles. The molecule has 5 heteroatoms. The minimum Gasteiger partial charge on any atom is -0.439 e. The van der Waals surface area contributed by atoms with Gasteiger partial charge in [-0.3, -0.25) is 0 Å². The molecule has 0 saturated heterocycles. The fraction of sp³-hybridized carbons (Fsp3) is 0.333. The summed E-state index contributed by atoms with van der Waals surface area (Å²) in [4.78, 5) is 8.36. The van der Waals surface area contributed by atoms with Crippen molar-refractivity contribution in [3.8, 4) is 11.6 Å². The van der Waals surface area contributed by atoms with Crippen molar-refractivity contribution in [3.05, 3.63) is 41.7 Å². The van der Waals surface area contributed by atoms with Crippen molar-refractivity contribution in [1.29, 1.82) is 0 Å². The first-order chi connectivity index (χ1) is 9.38. The van der Waals surface area contributed by atoms with E-state index in [0.29, 0.717) is 17.5 Å². The van der Waals surface area contributed by atoms with Crippen LogP contribution in [0, 0.1) is 6.92 Å². The van der Waals surface area contributed by atoms with E-state index in [9.17, 15) is 0 Å². The molecule has 5 nitrogen and oxygen atoms in total. The van der Waals surface area contributed by atoms with Crippen LogP contribution in [-0.4, -0.2) is 9.97 Å². The highest BCUT2D eigenvalue weighted by atomic mass is 16.5. The lowest BCUT2D eigenvalue weighted by atomic mass is 9.87. The van der Waals surface area contributed by atoms with Gasteiger partial charge in [0.15, 0.2) is 0 Å². The highest BCUT2D eigenvalue weighted by Crippen LogP contribution is 2.28. The topological polar surface area (TPSA) is 73.1 Å². The number of ether oxygens (including phenoxy) is 1. The van der Waals surface area contributed by atoms with Gasteiger partial charge in [-0.2, -0.15) is 4.98 Å². The number of nitrogens with one attached hydrogen (secondary N) is 1. The summed E-state index contributed by atoms with van der Waals surface area (Å²) in [5.41, 5.74) is 3.78. The first-order valence-electron chi connectivity index (χ1n) is 6.49. The van der Waals surface area contributed by atoms with Crippen LogP contribution in [0.1, 0.15) is 32.2 Å². The molecule has 0 bridgehead atoms. The zero-order valence-corrected chi connectivity index (χ0v) is 12.3. The Balaban J connectivity index is 2.28. The van der Waals surface area contributed by atoms with Gasteiger partial charge in [0.05, 0.1) is 0 Å². The number of hydrazine groups is 1. The molecule has 0 aliphatic carbocycles. The molecule has 0 radical (unpaired) electrons. The molecular weight excluding hydrogens is 252 g/mol. The van der Waals surface area contributed by atoms with Gasteiger partial charge in [0.2, 0.25) is 5.88 Å². The summed E-state index contributed by atoms with van der Waals surface area (Å²) in [5, 5.41) is 0. The van der Waals surface area contributed by atoms with Gasteiger partial charge in [-0.15, -0.1) is 0 Å². The van der Waals surface area contributed by atoms with Gasteiger partial charge >= 0.3 is 0 Å². The maximum Gasteiger partial charge on any atom is 0.224 e. The van der Waals surface area contributed by atoms with Crippen molar-refractivity contribution in [2.75, 3.05) is 5.43 Å². The predicted molar refractivity (Wildman–Crippen MR) is 79.8 cm³/mol. The average molecular weight is 272 g/mol. The fourth-order valence-electron chi connectivity index (χ4n) is 1.81. The van der Waals surface area contributed by atoms with Crippen LogP contribution < -0.4 is 16.0 Å². The Kier molecular flexibility index (Phi) is 3.90. The molecule has 0 atom stereocenters. The van der Waals surface area contributed by atoms with Crippen LogP contribution >= 0.6 is 0 Å². The molecule has 3 N–H and O–H groups in total. The van der Waals surface area contributed by atoms with E-state index in [1.54, 1.807) is 13.0 Å². The van der Waals surface area contributed by atoms with Gasteiger partial charge in [-0.05, 0) is 30.0 Å². The van der Waals surface area contributed by atoms with Crippen molar-refractivity contribution < 1.29 is 4.74 Å². The number of aromatic nitrogens is 2. The largest absolute Gasteiger partial charge is 0.439 e. The van der Waals surface area contributed by atoms with Gasteiger partial charge in [0.1, 0.15) is 17.4 Å². The Morgan fingerprint density at radius 3 is 2.55 bits per heavy atom. The first-order valence-corrected chi connectivity index (χ1v) is 6.49. The van der Waals surface area contributed by atoms with Gasteiger partial charge in [-0.1, -0.05) is 32.9 Å². The summed E-state index contributed by atoms with van der Waals surface area (Å²) in [6.45, 7) is 8.28. The van der Waals surface area contributed by atoms with Crippen molar-refractivity contribution in [3.63, 3.8) is 0 Å². The van der Waals surface area contributed by atoms with Crippen LogP contribution in [0.2, 0.25) is 0 Å². The molecule has 0 fully saturated rings. The zero-order chi connectivity index (χ0) is 14.8. The van der Waals surface area contributed by atoms with E-state index >= 15 is 0 Å². The number of aryl methyl sites for hydroxylation is 1. The first kappa shape index (κ1) is 14.3. The number of nitrogens with two attached hydrogens (primary N) is 1. The summed E-state index contributed by atoms with van der Waals surface area (Å²) >= 11 is 0. The number of nitrogens with zero attached hydrogens (tertiary/aromatic N) is 2. The highest BCUT2D eigenvalue weighted by Gasteiger charge is 2.14. The highest BCUT2D eigenvalue weighted by molar-refractivity contribution is 5.40. The molecular formula is C15H20N4O. The molecule has 0 unspecified atom stereocenters. The van der Waals surface area contributed by atoms with Crippen LogP contribution in [0.3, 0.4) is 0 Å². The third-order valence-corrected chi connectivity index (χ3v) is 2.88. The number of rotatable bonds is 3. The molecule has 1 aromatic heterocycles. The third-order valence-electron chi connectivity index (χ3n) is 2.88. The minimum absolute atomic E-state index is 0.0743. The lowest BCUT2D eigenvalue weighted by molar-refractivity contribution is 0.457. The molecule has 106 valence electrons. The standard InChI is InChI=1S/C15H20N4O/c1-10-17-13(19-16)9-14(18-10)20-12-7-5-6-11(8-12)15(2,3)4/h5-9H,16H2,1-4H3,(H,17,18,19). The number of hydrogen-bond acceptors (Lipinski definition) is 5. The van der Waals surface area contributed by atoms with Gasteiger partial charge in [0.25, 0.3) is 0 Å². The quantitative estimate of drug-likeness (QED) is 0.663. The number of anilines is 1. The van der Waals surface area contributed by atoms with E-state index in [1.165, 1.54) is 5.56 Å². The van der Waals surface area contributed by atoms with Gasteiger partial charge in [0, 0.05) is 6.07 Å². The Morgan fingerprint density at radius 2 is 1.90 bits per heavy atom. The second kappa shape index (κ2) is 5.46. The SMILES string of the molecule is Cc1nc(NN)cc(Oc2cccc(C(C)(C)C)c2)n1. The van der Waals surface area contributed by atoms with E-state index in [0.717, 1.165) is 5.75 Å². The Hall–Kier alpha value is -2.14. The normalized spacial score (nSPS) is 11.2. The number of hydrogen-bond donors (Lipinski definition) is 2. The number of nitrogen functional groups attached to an aromatic ring is 1. The molecule has 0 aliphatic rings. The molecule has 20 heavy (non-hydrogen) atoms. The van der Waals surface area contributed by atoms with Gasteiger partial charge < -0.3 is 10.2 Å². The molecule has 0 spiro atoms. The van der Waals surface area contributed by atoms with Crippen LogP contribution in [0.15, 0.2) is 30.3 Å². The molecule has 2 rings (SSSR count). The lowest BCUT2D eigenvalue weighted by Crippen LogP contribution is -2.11. The maximum atomic E-state index is 5.79. The summed E-state index contributed by atoms with van der Waals surface area (Å²) < 4.78 is 5.79. The van der Waals surface area contributed by atoms with E-state index in [2.05, 4.69) is 42.2 Å². The van der Waals surface area contributed by atoms with Crippen molar-refractivity contribution in [1.82, 2.24) is 9.97 Å². The molecule has 0 amide bonds. The fourth-order valence-corrected chi connectivity index (χ4v) is 1.81. The smallest absolute Gasteiger partial charge is 0.224 e. The van der Waals surface area contributed by atoms with E-state index < -0.39 is 0 Å². The van der Waals surface area contributed by atoms with Crippen molar-refractivity contribution >= 4 is 5.82 Å². The minimum atomic E-state index is 0.0743. The summed E-state index contributed by atoms with van der Waals surface area (Å²) in [6, 6.07) is 9.66. The van der Waals surface area contributed by atoms with E-state index in [1.807, 2.05) is 18.2 Å². The maximum absolute atomic E-state index is 5.79. The van der Waals surface area contributed by atoms with Crippen LogP contribution in [0.5, 0.6) is 11.6 Å². The molecule has 2 aromatic rings. The second-order valence-corrected chi connectivity index (χ2v) is 5.66. The predicted octanol–water partition coefficient (Wildman–Crippen LogP) is 3.16. The van der Waals surface area contributed by atoms with Crippen molar-refractivity contribution in [2.45, 2.75) is 33.1 Å².